The molecule has 132 valence electrons. The molecule has 1 N–H and O–H groups in total. The molecular formula is C19H28FN3O. The van der Waals surface area contributed by atoms with Crippen LogP contribution in [0.5, 0.6) is 0 Å². The second kappa shape index (κ2) is 8.58. The second-order valence-corrected chi connectivity index (χ2v) is 7.00. The third kappa shape index (κ3) is 5.02. The van der Waals surface area contributed by atoms with Crippen molar-refractivity contribution in [1.82, 2.24) is 15.1 Å². The molecule has 5 heteroatoms. The molecule has 3 rings (SSSR count). The Morgan fingerprint density at radius 1 is 1.17 bits per heavy atom. The summed E-state index contributed by atoms with van der Waals surface area (Å²) < 4.78 is 13.3. The highest BCUT2D eigenvalue weighted by Gasteiger charge is 2.21. The van der Waals surface area contributed by atoms with E-state index in [0.717, 1.165) is 70.6 Å². The van der Waals surface area contributed by atoms with Gasteiger partial charge in [-0.15, -0.1) is 0 Å². The predicted molar refractivity (Wildman–Crippen MR) is 93.3 cm³/mol. The first-order valence-corrected chi connectivity index (χ1v) is 9.16. The molecule has 0 spiro atoms. The van der Waals surface area contributed by atoms with Crippen LogP contribution in [0.1, 0.15) is 24.8 Å². The molecule has 24 heavy (non-hydrogen) atoms. The maximum Gasteiger partial charge on any atom is 0.223 e. The summed E-state index contributed by atoms with van der Waals surface area (Å²) >= 11 is 0. The number of carbonyl (C=O) groups is 1. The normalized spacial score (nSPS) is 20.3. The largest absolute Gasteiger partial charge is 0.340 e. The molecule has 0 radical (unpaired) electrons. The van der Waals surface area contributed by atoms with Gasteiger partial charge in [-0.2, -0.15) is 0 Å². The lowest BCUT2D eigenvalue weighted by molar-refractivity contribution is -0.132. The van der Waals surface area contributed by atoms with Gasteiger partial charge in [-0.25, -0.2) is 4.39 Å². The number of likely N-dealkylation sites (tertiary alicyclic amines) is 1. The van der Waals surface area contributed by atoms with Crippen LogP contribution < -0.4 is 5.32 Å². The molecule has 0 aromatic heterocycles. The number of hydrogen-bond acceptors (Lipinski definition) is 3. The number of rotatable bonds is 5. The number of hydrogen-bond donors (Lipinski definition) is 1. The van der Waals surface area contributed by atoms with Crippen LogP contribution in [0.4, 0.5) is 4.39 Å². The van der Waals surface area contributed by atoms with Crippen molar-refractivity contribution < 1.29 is 9.18 Å². The topological polar surface area (TPSA) is 35.6 Å². The van der Waals surface area contributed by atoms with E-state index in [1.165, 1.54) is 6.07 Å². The molecule has 0 bridgehead atoms. The lowest BCUT2D eigenvalue weighted by Crippen LogP contribution is -2.47. The fourth-order valence-electron chi connectivity index (χ4n) is 3.74. The van der Waals surface area contributed by atoms with Gasteiger partial charge in [-0.05, 0) is 56.0 Å². The van der Waals surface area contributed by atoms with Crippen LogP contribution in [0.15, 0.2) is 24.3 Å². The monoisotopic (exact) mass is 333 g/mol. The van der Waals surface area contributed by atoms with Gasteiger partial charge >= 0.3 is 0 Å². The third-order valence-corrected chi connectivity index (χ3v) is 5.23. The number of nitrogens with zero attached hydrogens (tertiary/aromatic N) is 2. The third-order valence-electron chi connectivity index (χ3n) is 5.23. The summed E-state index contributed by atoms with van der Waals surface area (Å²) in [7, 11) is 0. The summed E-state index contributed by atoms with van der Waals surface area (Å²) in [5.74, 6) is 0.779. The van der Waals surface area contributed by atoms with E-state index in [0.29, 0.717) is 18.2 Å². The van der Waals surface area contributed by atoms with Crippen LogP contribution in [0.3, 0.4) is 0 Å². The van der Waals surface area contributed by atoms with E-state index in [-0.39, 0.29) is 5.82 Å². The van der Waals surface area contributed by atoms with Crippen molar-refractivity contribution in [1.29, 1.82) is 0 Å². The standard InChI is InChI=1S/C19H28FN3O/c20-18-3-1-2-17(15-18)14-16-4-9-22(10-5-16)11-6-19(24)23-12-7-21-8-13-23/h1-3,15-16,21H,4-14H2. The fraction of sp³-hybridized carbons (Fsp3) is 0.632. The minimum Gasteiger partial charge on any atom is -0.340 e. The Balaban J connectivity index is 1.36. The number of amides is 1. The number of nitrogens with one attached hydrogen (secondary N) is 1. The van der Waals surface area contributed by atoms with Gasteiger partial charge in [0.25, 0.3) is 0 Å². The number of carbonyl (C=O) groups excluding carboxylic acids is 1. The minimum absolute atomic E-state index is 0.142. The quantitative estimate of drug-likeness (QED) is 0.894. The Labute approximate surface area is 144 Å². The molecular weight excluding hydrogens is 305 g/mol. The van der Waals surface area contributed by atoms with Crippen LogP contribution in [-0.4, -0.2) is 61.5 Å². The molecule has 1 amide bonds. The van der Waals surface area contributed by atoms with Crippen molar-refractivity contribution in [2.45, 2.75) is 25.7 Å². The summed E-state index contributed by atoms with van der Waals surface area (Å²) in [6.45, 7) is 6.48. The highest BCUT2D eigenvalue weighted by atomic mass is 19.1. The molecule has 2 aliphatic rings. The Bertz CT molecular complexity index is 537. The average Bonchev–Trinajstić information content (AvgIpc) is 2.62. The van der Waals surface area contributed by atoms with Gasteiger partial charge < -0.3 is 15.1 Å². The summed E-state index contributed by atoms with van der Waals surface area (Å²) in [6.07, 6.45) is 3.87. The highest BCUT2D eigenvalue weighted by molar-refractivity contribution is 5.76. The minimum atomic E-state index is -0.142. The molecule has 2 aliphatic heterocycles. The summed E-state index contributed by atoms with van der Waals surface area (Å²) in [5.41, 5.74) is 1.10. The van der Waals surface area contributed by atoms with Crippen molar-refractivity contribution in [3.63, 3.8) is 0 Å². The van der Waals surface area contributed by atoms with Crippen LogP contribution in [-0.2, 0) is 11.2 Å². The van der Waals surface area contributed by atoms with Gasteiger partial charge in [-0.3, -0.25) is 4.79 Å². The van der Waals surface area contributed by atoms with E-state index in [1.54, 1.807) is 12.1 Å². The molecule has 0 aliphatic carbocycles. The van der Waals surface area contributed by atoms with E-state index in [4.69, 9.17) is 0 Å². The molecule has 2 saturated heterocycles. The van der Waals surface area contributed by atoms with E-state index in [9.17, 15) is 9.18 Å². The van der Waals surface area contributed by atoms with E-state index < -0.39 is 0 Å². The zero-order valence-electron chi connectivity index (χ0n) is 14.3. The Morgan fingerprint density at radius 2 is 1.92 bits per heavy atom. The molecule has 1 aromatic carbocycles. The van der Waals surface area contributed by atoms with Gasteiger partial charge in [0.05, 0.1) is 0 Å². The first-order valence-electron chi connectivity index (χ1n) is 9.16. The van der Waals surface area contributed by atoms with Crippen molar-refractivity contribution in [2.24, 2.45) is 5.92 Å². The number of halogens is 1. The molecule has 0 unspecified atom stereocenters. The SMILES string of the molecule is O=C(CCN1CCC(Cc2cccc(F)c2)CC1)N1CCNCC1. The smallest absolute Gasteiger partial charge is 0.223 e. The van der Waals surface area contributed by atoms with Crippen molar-refractivity contribution in [3.05, 3.63) is 35.6 Å². The summed E-state index contributed by atoms with van der Waals surface area (Å²) in [6, 6.07) is 6.96. The molecule has 2 fully saturated rings. The van der Waals surface area contributed by atoms with Gasteiger partial charge in [0.1, 0.15) is 5.82 Å². The Hall–Kier alpha value is -1.46. The first kappa shape index (κ1) is 17.4. The number of piperidine rings is 1. The van der Waals surface area contributed by atoms with Crippen molar-refractivity contribution >= 4 is 5.91 Å². The average molecular weight is 333 g/mol. The summed E-state index contributed by atoms with van der Waals surface area (Å²) in [4.78, 5) is 16.6. The zero-order valence-corrected chi connectivity index (χ0v) is 14.3. The summed E-state index contributed by atoms with van der Waals surface area (Å²) in [5, 5.41) is 3.28. The predicted octanol–water partition coefficient (Wildman–Crippen LogP) is 1.90. The van der Waals surface area contributed by atoms with Gasteiger partial charge in [0, 0.05) is 39.1 Å². The van der Waals surface area contributed by atoms with Gasteiger partial charge in [0.2, 0.25) is 5.91 Å². The maximum absolute atomic E-state index is 13.3. The van der Waals surface area contributed by atoms with Crippen LogP contribution >= 0.6 is 0 Å². The van der Waals surface area contributed by atoms with E-state index in [2.05, 4.69) is 10.2 Å². The zero-order chi connectivity index (χ0) is 16.8. The van der Waals surface area contributed by atoms with E-state index >= 15 is 0 Å². The fourth-order valence-corrected chi connectivity index (χ4v) is 3.74. The second-order valence-electron chi connectivity index (χ2n) is 7.00. The van der Waals surface area contributed by atoms with Crippen LogP contribution in [0.2, 0.25) is 0 Å². The van der Waals surface area contributed by atoms with Gasteiger partial charge in [0.15, 0.2) is 0 Å². The lowest BCUT2D eigenvalue weighted by Gasteiger charge is -2.33. The highest BCUT2D eigenvalue weighted by Crippen LogP contribution is 2.22. The number of benzene rings is 1. The number of piperazine rings is 1. The van der Waals surface area contributed by atoms with E-state index in [1.807, 2.05) is 11.0 Å². The van der Waals surface area contributed by atoms with Crippen molar-refractivity contribution in [2.75, 3.05) is 45.8 Å². The maximum atomic E-state index is 13.3. The first-order chi connectivity index (χ1) is 11.7. The van der Waals surface area contributed by atoms with Crippen LogP contribution in [0, 0.1) is 11.7 Å². The Kier molecular flexibility index (Phi) is 6.21. The molecule has 1 aromatic rings. The lowest BCUT2D eigenvalue weighted by atomic mass is 9.90. The molecule has 2 heterocycles. The molecule has 0 atom stereocenters. The van der Waals surface area contributed by atoms with Crippen LogP contribution in [0.25, 0.3) is 0 Å². The van der Waals surface area contributed by atoms with Crippen molar-refractivity contribution in [3.8, 4) is 0 Å². The Morgan fingerprint density at radius 3 is 2.62 bits per heavy atom. The molecule has 4 nitrogen and oxygen atoms in total. The van der Waals surface area contributed by atoms with Gasteiger partial charge in [-0.1, -0.05) is 12.1 Å². The molecule has 0 saturated carbocycles.